The Labute approximate surface area is 119 Å². The van der Waals surface area contributed by atoms with E-state index in [-0.39, 0.29) is 6.04 Å². The fourth-order valence-electron chi connectivity index (χ4n) is 2.15. The summed E-state index contributed by atoms with van der Waals surface area (Å²) < 4.78 is 12.5. The zero-order valence-corrected chi connectivity index (χ0v) is 12.2. The van der Waals surface area contributed by atoms with Gasteiger partial charge in [0.25, 0.3) is 0 Å². The first-order valence-corrected chi connectivity index (χ1v) is 6.69. The van der Waals surface area contributed by atoms with Gasteiger partial charge in [-0.2, -0.15) is 5.10 Å². The third-order valence-corrected chi connectivity index (χ3v) is 3.24. The summed E-state index contributed by atoms with van der Waals surface area (Å²) in [6, 6.07) is 5.39. The minimum atomic E-state index is -0.263. The predicted molar refractivity (Wildman–Crippen MR) is 78.1 cm³/mol. The van der Waals surface area contributed by atoms with Gasteiger partial charge in [0.1, 0.15) is 11.5 Å². The fourth-order valence-corrected chi connectivity index (χ4v) is 2.15. The van der Waals surface area contributed by atoms with Crippen LogP contribution in [-0.4, -0.2) is 24.0 Å². The Morgan fingerprint density at radius 1 is 1.30 bits per heavy atom. The summed E-state index contributed by atoms with van der Waals surface area (Å²) >= 11 is 0. The Morgan fingerprint density at radius 2 is 2.10 bits per heavy atom. The van der Waals surface area contributed by atoms with E-state index < -0.39 is 0 Å². The van der Waals surface area contributed by atoms with Crippen LogP contribution in [0.2, 0.25) is 0 Å². The summed E-state index contributed by atoms with van der Waals surface area (Å²) in [4.78, 5) is 0. The summed E-state index contributed by atoms with van der Waals surface area (Å²) in [5.41, 5.74) is 8.21. The molecule has 2 N–H and O–H groups in total. The number of aryl methyl sites for hydroxylation is 1. The molecule has 0 radical (unpaired) electrons. The third kappa shape index (κ3) is 2.93. The molecule has 0 spiro atoms. The van der Waals surface area contributed by atoms with E-state index in [1.165, 1.54) is 0 Å². The number of benzene rings is 1. The van der Waals surface area contributed by atoms with Crippen molar-refractivity contribution in [3.8, 4) is 11.5 Å². The minimum absolute atomic E-state index is 0.263. The quantitative estimate of drug-likeness (QED) is 0.879. The van der Waals surface area contributed by atoms with Gasteiger partial charge < -0.3 is 15.2 Å². The van der Waals surface area contributed by atoms with Crippen molar-refractivity contribution in [3.63, 3.8) is 0 Å². The maximum absolute atomic E-state index is 6.32. The first-order chi connectivity index (χ1) is 9.69. The van der Waals surface area contributed by atoms with Gasteiger partial charge in [0.05, 0.1) is 26.5 Å². The molecule has 5 heteroatoms. The molecule has 2 aromatic rings. The van der Waals surface area contributed by atoms with Crippen molar-refractivity contribution >= 4 is 0 Å². The molecule has 2 rings (SSSR count). The van der Waals surface area contributed by atoms with Crippen molar-refractivity contribution < 1.29 is 9.47 Å². The highest BCUT2D eigenvalue weighted by Crippen LogP contribution is 2.31. The average Bonchev–Trinajstić information content (AvgIpc) is 2.94. The van der Waals surface area contributed by atoms with Crippen molar-refractivity contribution in [2.24, 2.45) is 5.73 Å². The molecule has 0 aliphatic rings. The van der Waals surface area contributed by atoms with Crippen LogP contribution in [0, 0.1) is 0 Å². The molecule has 1 aromatic heterocycles. The molecule has 20 heavy (non-hydrogen) atoms. The molecule has 0 saturated carbocycles. The van der Waals surface area contributed by atoms with E-state index in [1.54, 1.807) is 14.2 Å². The highest BCUT2D eigenvalue weighted by atomic mass is 16.5. The molecule has 0 saturated heterocycles. The lowest BCUT2D eigenvalue weighted by Gasteiger charge is -2.15. The molecular weight excluding hydrogens is 254 g/mol. The van der Waals surface area contributed by atoms with Crippen molar-refractivity contribution in [2.45, 2.75) is 25.9 Å². The lowest BCUT2D eigenvalue weighted by atomic mass is 10.0. The van der Waals surface area contributed by atoms with E-state index >= 15 is 0 Å². The molecule has 0 aliphatic carbocycles. The van der Waals surface area contributed by atoms with E-state index in [2.05, 4.69) is 12.0 Å². The molecule has 1 unspecified atom stereocenters. The number of aromatic nitrogens is 2. The van der Waals surface area contributed by atoms with Crippen LogP contribution >= 0.6 is 0 Å². The van der Waals surface area contributed by atoms with E-state index in [1.807, 2.05) is 35.3 Å². The number of rotatable bonds is 6. The zero-order valence-electron chi connectivity index (χ0n) is 12.2. The smallest absolute Gasteiger partial charge is 0.127 e. The SMILES string of the molecule is CCCn1cc(C(N)c2ccc(OC)cc2OC)cn1. The monoisotopic (exact) mass is 275 g/mol. The highest BCUT2D eigenvalue weighted by Gasteiger charge is 2.16. The van der Waals surface area contributed by atoms with E-state index in [0.717, 1.165) is 35.6 Å². The predicted octanol–water partition coefficient (Wildman–Crippen LogP) is 2.36. The average molecular weight is 275 g/mol. The Bertz CT molecular complexity index is 566. The molecule has 0 amide bonds. The number of nitrogens with two attached hydrogens (primary N) is 1. The van der Waals surface area contributed by atoms with E-state index in [0.29, 0.717) is 0 Å². The summed E-state index contributed by atoms with van der Waals surface area (Å²) in [7, 11) is 3.26. The molecule has 0 bridgehead atoms. The Balaban J connectivity index is 2.29. The van der Waals surface area contributed by atoms with Gasteiger partial charge in [-0.05, 0) is 18.6 Å². The number of hydrogen-bond acceptors (Lipinski definition) is 4. The topological polar surface area (TPSA) is 62.3 Å². The lowest BCUT2D eigenvalue weighted by Crippen LogP contribution is -2.12. The largest absolute Gasteiger partial charge is 0.497 e. The second-order valence-corrected chi connectivity index (χ2v) is 4.62. The van der Waals surface area contributed by atoms with Crippen LogP contribution in [0.3, 0.4) is 0 Å². The van der Waals surface area contributed by atoms with E-state index in [9.17, 15) is 0 Å². The number of methoxy groups -OCH3 is 2. The second kappa shape index (κ2) is 6.43. The lowest BCUT2D eigenvalue weighted by molar-refractivity contribution is 0.390. The van der Waals surface area contributed by atoms with Gasteiger partial charge in [0, 0.05) is 29.9 Å². The van der Waals surface area contributed by atoms with Crippen LogP contribution in [-0.2, 0) is 6.54 Å². The molecule has 5 nitrogen and oxygen atoms in total. The van der Waals surface area contributed by atoms with Crippen LogP contribution < -0.4 is 15.2 Å². The minimum Gasteiger partial charge on any atom is -0.497 e. The standard InChI is InChI=1S/C15H21N3O2/c1-4-7-18-10-11(9-17-18)15(16)13-6-5-12(19-2)8-14(13)20-3/h5-6,8-10,15H,4,7,16H2,1-3H3. The Hall–Kier alpha value is -2.01. The molecule has 0 aliphatic heterocycles. The summed E-state index contributed by atoms with van der Waals surface area (Å²) in [5.74, 6) is 1.47. The highest BCUT2D eigenvalue weighted by molar-refractivity contribution is 5.45. The van der Waals surface area contributed by atoms with Gasteiger partial charge in [0.15, 0.2) is 0 Å². The van der Waals surface area contributed by atoms with E-state index in [4.69, 9.17) is 15.2 Å². The van der Waals surface area contributed by atoms with Crippen LogP contribution in [0.15, 0.2) is 30.6 Å². The van der Waals surface area contributed by atoms with Crippen molar-refractivity contribution in [1.29, 1.82) is 0 Å². The number of hydrogen-bond donors (Lipinski definition) is 1. The van der Waals surface area contributed by atoms with Crippen LogP contribution in [0.5, 0.6) is 11.5 Å². The first-order valence-electron chi connectivity index (χ1n) is 6.69. The number of ether oxygens (including phenoxy) is 2. The summed E-state index contributed by atoms with van der Waals surface area (Å²) in [5, 5.41) is 4.31. The maximum atomic E-state index is 6.32. The molecular formula is C15H21N3O2. The van der Waals surface area contributed by atoms with Crippen molar-refractivity contribution in [1.82, 2.24) is 9.78 Å². The van der Waals surface area contributed by atoms with Crippen LogP contribution in [0.4, 0.5) is 0 Å². The Morgan fingerprint density at radius 3 is 2.75 bits per heavy atom. The normalized spacial score (nSPS) is 12.2. The van der Waals surface area contributed by atoms with Crippen LogP contribution in [0.25, 0.3) is 0 Å². The zero-order chi connectivity index (χ0) is 14.5. The molecule has 1 atom stereocenters. The van der Waals surface area contributed by atoms with Crippen LogP contribution in [0.1, 0.15) is 30.5 Å². The molecule has 1 aromatic carbocycles. The van der Waals surface area contributed by atoms with Gasteiger partial charge in [-0.3, -0.25) is 4.68 Å². The summed E-state index contributed by atoms with van der Waals surface area (Å²) in [6.07, 6.45) is 4.84. The van der Waals surface area contributed by atoms with Gasteiger partial charge in [-0.15, -0.1) is 0 Å². The third-order valence-electron chi connectivity index (χ3n) is 3.24. The first kappa shape index (κ1) is 14.4. The molecule has 1 heterocycles. The number of nitrogens with zero attached hydrogens (tertiary/aromatic N) is 2. The Kier molecular flexibility index (Phi) is 4.63. The van der Waals surface area contributed by atoms with Gasteiger partial charge in [-0.25, -0.2) is 0 Å². The fraction of sp³-hybridized carbons (Fsp3) is 0.400. The van der Waals surface area contributed by atoms with Gasteiger partial charge in [-0.1, -0.05) is 6.92 Å². The van der Waals surface area contributed by atoms with Crippen molar-refractivity contribution in [3.05, 3.63) is 41.7 Å². The molecule has 108 valence electrons. The van der Waals surface area contributed by atoms with Crippen molar-refractivity contribution in [2.75, 3.05) is 14.2 Å². The maximum Gasteiger partial charge on any atom is 0.127 e. The summed E-state index contributed by atoms with van der Waals surface area (Å²) in [6.45, 7) is 3.01. The van der Waals surface area contributed by atoms with Gasteiger partial charge >= 0.3 is 0 Å². The van der Waals surface area contributed by atoms with Gasteiger partial charge in [0.2, 0.25) is 0 Å². The molecule has 0 fully saturated rings. The second-order valence-electron chi connectivity index (χ2n) is 4.62.